The van der Waals surface area contributed by atoms with Crippen LogP contribution >= 0.6 is 0 Å². The van der Waals surface area contributed by atoms with E-state index < -0.39 is 12.1 Å². The Kier molecular flexibility index (Phi) is 1.45. The first-order valence-electron chi connectivity index (χ1n) is 2.43. The second-order valence-corrected chi connectivity index (χ2v) is 1.70. The van der Waals surface area contributed by atoms with E-state index in [1.807, 2.05) is 0 Å². The molecule has 2 unspecified atom stereocenters. The van der Waals surface area contributed by atoms with Crippen molar-refractivity contribution in [1.29, 1.82) is 0 Å². The van der Waals surface area contributed by atoms with Gasteiger partial charge in [0.15, 0.2) is 5.78 Å². The van der Waals surface area contributed by atoms with Crippen LogP contribution in [0.1, 0.15) is 0 Å². The molecule has 1 fully saturated rings. The average molecular weight is 138 g/mol. The molecule has 2 atom stereocenters. The Labute approximate surface area is 54.9 Å². The minimum atomic E-state index is -0.749. The number of nitrogens with zero attached hydrogens (tertiary/aromatic N) is 6. The van der Waals surface area contributed by atoms with Crippen molar-refractivity contribution in [3.63, 3.8) is 0 Å². The number of carbonyl (C=O) groups is 1. The average Bonchev–Trinajstić information content (AvgIpc) is 2.48. The van der Waals surface area contributed by atoms with Gasteiger partial charge in [0.25, 0.3) is 0 Å². The summed E-state index contributed by atoms with van der Waals surface area (Å²) in [5, 5.41) is 6.17. The first kappa shape index (κ1) is 6.41. The van der Waals surface area contributed by atoms with Crippen molar-refractivity contribution in [2.75, 3.05) is 0 Å². The van der Waals surface area contributed by atoms with Crippen LogP contribution in [0.5, 0.6) is 0 Å². The van der Waals surface area contributed by atoms with Crippen LogP contribution < -0.4 is 0 Å². The molecule has 50 valence electrons. The third-order valence-electron chi connectivity index (χ3n) is 1.13. The van der Waals surface area contributed by atoms with E-state index in [4.69, 9.17) is 11.1 Å². The van der Waals surface area contributed by atoms with Crippen LogP contribution in [0, 0.1) is 0 Å². The Morgan fingerprint density at radius 2 is 1.60 bits per heavy atom. The number of ketones is 1. The fourth-order valence-electron chi connectivity index (χ4n) is 0.566. The van der Waals surface area contributed by atoms with E-state index in [-0.39, 0.29) is 5.78 Å². The van der Waals surface area contributed by atoms with Gasteiger partial charge < -0.3 is 0 Å². The third-order valence-corrected chi connectivity index (χ3v) is 1.13. The molecule has 1 rings (SSSR count). The zero-order chi connectivity index (χ0) is 7.56. The van der Waals surface area contributed by atoms with Crippen molar-refractivity contribution in [3.05, 3.63) is 20.9 Å². The van der Waals surface area contributed by atoms with E-state index in [0.717, 1.165) is 0 Å². The van der Waals surface area contributed by atoms with Crippen molar-refractivity contribution < 1.29 is 4.79 Å². The summed E-state index contributed by atoms with van der Waals surface area (Å²) in [6.07, 6.45) is 0. The van der Waals surface area contributed by atoms with Crippen molar-refractivity contribution in [2.45, 2.75) is 12.1 Å². The van der Waals surface area contributed by atoms with Crippen LogP contribution in [0.15, 0.2) is 10.2 Å². The molecule has 0 aromatic heterocycles. The zero-order valence-corrected chi connectivity index (χ0v) is 4.75. The maximum atomic E-state index is 10.5. The van der Waals surface area contributed by atoms with Gasteiger partial charge in [0.1, 0.15) is 12.1 Å². The number of hydrogen-bond donors (Lipinski definition) is 0. The summed E-state index contributed by atoms with van der Waals surface area (Å²) in [5.74, 6) is -0.310. The van der Waals surface area contributed by atoms with Crippen LogP contribution in [0.2, 0.25) is 0 Å². The highest BCUT2D eigenvalue weighted by Crippen LogP contribution is 2.24. The molecule has 0 aromatic carbocycles. The molecule has 0 spiro atoms. The summed E-state index contributed by atoms with van der Waals surface area (Å²) in [6.45, 7) is 0. The van der Waals surface area contributed by atoms with Gasteiger partial charge in [0, 0.05) is 9.82 Å². The molecule has 10 heavy (non-hydrogen) atoms. The van der Waals surface area contributed by atoms with E-state index >= 15 is 0 Å². The van der Waals surface area contributed by atoms with Gasteiger partial charge in [-0.05, 0) is 11.1 Å². The first-order valence-corrected chi connectivity index (χ1v) is 2.43. The third kappa shape index (κ3) is 0.862. The lowest BCUT2D eigenvalue weighted by Crippen LogP contribution is -1.79. The van der Waals surface area contributed by atoms with Crippen LogP contribution in [0.25, 0.3) is 20.9 Å². The highest BCUT2D eigenvalue weighted by molar-refractivity contribution is 6.07. The highest BCUT2D eigenvalue weighted by atomic mass is 16.1. The van der Waals surface area contributed by atoms with E-state index in [1.54, 1.807) is 0 Å². The van der Waals surface area contributed by atoms with Gasteiger partial charge in [0.2, 0.25) is 0 Å². The topological polar surface area (TPSA) is 115 Å². The van der Waals surface area contributed by atoms with E-state index in [0.29, 0.717) is 0 Å². The highest BCUT2D eigenvalue weighted by Gasteiger charge is 2.48. The van der Waals surface area contributed by atoms with E-state index in [2.05, 4.69) is 20.1 Å². The van der Waals surface area contributed by atoms with Crippen molar-refractivity contribution in [1.82, 2.24) is 0 Å². The van der Waals surface area contributed by atoms with E-state index in [1.165, 1.54) is 0 Å². The van der Waals surface area contributed by atoms with Crippen LogP contribution in [0.3, 0.4) is 0 Å². The van der Waals surface area contributed by atoms with E-state index in [9.17, 15) is 4.79 Å². The summed E-state index contributed by atoms with van der Waals surface area (Å²) >= 11 is 0. The molecule has 0 aliphatic heterocycles. The van der Waals surface area contributed by atoms with Gasteiger partial charge in [-0.1, -0.05) is 10.2 Å². The number of hydrogen-bond acceptors (Lipinski definition) is 3. The number of azide groups is 2. The normalized spacial score (nSPS) is 28.2. The molecule has 1 aliphatic carbocycles. The molecule has 0 heterocycles. The molecule has 0 amide bonds. The minimum absolute atomic E-state index is 0.310. The van der Waals surface area contributed by atoms with Gasteiger partial charge in [-0.15, -0.1) is 0 Å². The molecule has 0 bridgehead atoms. The van der Waals surface area contributed by atoms with Crippen molar-refractivity contribution in [3.8, 4) is 0 Å². The van der Waals surface area contributed by atoms with Gasteiger partial charge in [-0.25, -0.2) is 0 Å². The first-order chi connectivity index (χ1) is 4.81. The summed E-state index contributed by atoms with van der Waals surface area (Å²) in [7, 11) is 0. The molecule has 0 radical (unpaired) electrons. The Morgan fingerprint density at radius 1 is 1.20 bits per heavy atom. The van der Waals surface area contributed by atoms with Gasteiger partial charge in [-0.3, -0.25) is 4.79 Å². The maximum absolute atomic E-state index is 10.5. The standard InChI is InChI=1S/C3H2N6O/c4-8-6-1-2(3(1)10)7-9-5/h1-2H. The Hall–Kier alpha value is -1.71. The minimum Gasteiger partial charge on any atom is -0.299 e. The van der Waals surface area contributed by atoms with Crippen LogP contribution in [-0.2, 0) is 4.79 Å². The van der Waals surface area contributed by atoms with Gasteiger partial charge in [-0.2, -0.15) is 0 Å². The largest absolute Gasteiger partial charge is 0.299 e. The monoisotopic (exact) mass is 138 g/mol. The van der Waals surface area contributed by atoms with Gasteiger partial charge in [0.05, 0.1) is 0 Å². The summed E-state index contributed by atoms with van der Waals surface area (Å²) in [6, 6.07) is -1.50. The van der Waals surface area contributed by atoms with Crippen LogP contribution in [-0.4, -0.2) is 17.9 Å². The van der Waals surface area contributed by atoms with Gasteiger partial charge >= 0.3 is 0 Å². The molecule has 1 saturated carbocycles. The molecule has 7 nitrogen and oxygen atoms in total. The maximum Gasteiger partial charge on any atom is 0.152 e. The lowest BCUT2D eigenvalue weighted by atomic mass is 10.7. The summed E-state index contributed by atoms with van der Waals surface area (Å²) in [5.41, 5.74) is 15.7. The van der Waals surface area contributed by atoms with Crippen molar-refractivity contribution >= 4 is 5.78 Å². The molecule has 0 aromatic rings. The smallest absolute Gasteiger partial charge is 0.152 e. The molecule has 1 aliphatic rings. The summed E-state index contributed by atoms with van der Waals surface area (Å²) < 4.78 is 0. The Balaban J connectivity index is 2.65. The second-order valence-electron chi connectivity index (χ2n) is 1.70. The van der Waals surface area contributed by atoms with Crippen molar-refractivity contribution in [2.24, 2.45) is 10.2 Å². The lowest BCUT2D eigenvalue weighted by molar-refractivity contribution is -0.110. The lowest BCUT2D eigenvalue weighted by Gasteiger charge is -1.69. The molecular formula is C3H2N6O. The Bertz CT molecular complexity index is 232. The molecular weight excluding hydrogens is 136 g/mol. The second kappa shape index (κ2) is 2.26. The predicted octanol–water partition coefficient (Wildman–Crippen LogP) is 0.927. The predicted molar refractivity (Wildman–Crippen MR) is 30.9 cm³/mol. The molecule has 0 N–H and O–H groups in total. The Morgan fingerprint density at radius 3 is 1.90 bits per heavy atom. The summed E-state index contributed by atoms with van der Waals surface area (Å²) in [4.78, 5) is 15.3. The fourth-order valence-corrected chi connectivity index (χ4v) is 0.566. The number of Topliss-reactive ketones (excluding diaryl/α,β-unsaturated/α-hetero) is 1. The molecule has 0 saturated heterocycles. The fraction of sp³-hybridized carbons (Fsp3) is 0.667. The number of rotatable bonds is 2. The quantitative estimate of drug-likeness (QED) is 0.315. The zero-order valence-electron chi connectivity index (χ0n) is 4.75. The molecule has 7 heteroatoms. The SMILES string of the molecule is [N-]=[N+]=NC1C(=O)C1N=[N+]=[N-]. The van der Waals surface area contributed by atoms with Crippen LogP contribution in [0.4, 0.5) is 0 Å². The number of carbonyl (C=O) groups excluding carboxylic acids is 1.